The van der Waals surface area contributed by atoms with E-state index in [1.807, 2.05) is 32.9 Å². The summed E-state index contributed by atoms with van der Waals surface area (Å²) in [6.45, 7) is 6.06. The van der Waals surface area contributed by atoms with Gasteiger partial charge in [0.2, 0.25) is 5.76 Å². The maximum absolute atomic E-state index is 11.1. The third-order valence-corrected chi connectivity index (χ3v) is 3.10. The van der Waals surface area contributed by atoms with Crippen LogP contribution in [0.1, 0.15) is 40.6 Å². The minimum Gasteiger partial charge on any atom is -0.475 e. The van der Waals surface area contributed by atoms with Crippen molar-refractivity contribution in [3.8, 4) is 0 Å². The molecule has 0 amide bonds. The molecule has 0 aliphatic rings. The predicted octanol–water partition coefficient (Wildman–Crippen LogP) is 3.70. The fraction of sp³-hybridized carbons (Fsp3) is 0.357. The molecule has 0 atom stereocenters. The average molecular weight is 232 g/mol. The minimum atomic E-state index is -0.986. The molecule has 0 fully saturated rings. The van der Waals surface area contributed by atoms with Crippen LogP contribution in [0, 0.1) is 13.8 Å². The summed E-state index contributed by atoms with van der Waals surface area (Å²) in [5.74, 6) is -0.896. The standard InChI is InChI=1S/C14H16O3/c1-4-5-10-11-6-8(2)9(3)7-12(11)17-13(10)14(15)16/h6-7H,4-5H2,1-3H3,(H,15,16). The van der Waals surface area contributed by atoms with Crippen LogP contribution in [0.5, 0.6) is 0 Å². The smallest absolute Gasteiger partial charge is 0.372 e. The molecule has 1 heterocycles. The highest BCUT2D eigenvalue weighted by Crippen LogP contribution is 2.29. The molecule has 0 spiro atoms. The Bertz CT molecular complexity index is 579. The number of aromatic carboxylic acids is 1. The van der Waals surface area contributed by atoms with Gasteiger partial charge in [0.1, 0.15) is 5.58 Å². The first-order valence-electron chi connectivity index (χ1n) is 5.80. The van der Waals surface area contributed by atoms with Crippen LogP contribution in [0.3, 0.4) is 0 Å². The third-order valence-electron chi connectivity index (χ3n) is 3.10. The van der Waals surface area contributed by atoms with Crippen LogP contribution in [-0.4, -0.2) is 11.1 Å². The summed E-state index contributed by atoms with van der Waals surface area (Å²) in [6, 6.07) is 3.93. The van der Waals surface area contributed by atoms with Gasteiger partial charge in [-0.2, -0.15) is 0 Å². The second kappa shape index (κ2) is 4.24. The fourth-order valence-electron chi connectivity index (χ4n) is 2.07. The molecule has 0 bridgehead atoms. The molecule has 0 saturated carbocycles. The second-order valence-electron chi connectivity index (χ2n) is 4.40. The van der Waals surface area contributed by atoms with Gasteiger partial charge >= 0.3 is 5.97 Å². The molecule has 3 heteroatoms. The molecule has 3 nitrogen and oxygen atoms in total. The van der Waals surface area contributed by atoms with E-state index in [1.165, 1.54) is 0 Å². The molecule has 0 radical (unpaired) electrons. The number of aryl methyl sites for hydroxylation is 3. The van der Waals surface area contributed by atoms with Crippen LogP contribution in [0.2, 0.25) is 0 Å². The lowest BCUT2D eigenvalue weighted by Gasteiger charge is -2.00. The fourth-order valence-corrected chi connectivity index (χ4v) is 2.07. The highest BCUT2D eigenvalue weighted by Gasteiger charge is 2.19. The first kappa shape index (κ1) is 11.7. The summed E-state index contributed by atoms with van der Waals surface area (Å²) in [5.41, 5.74) is 3.77. The van der Waals surface area contributed by atoms with Gasteiger partial charge < -0.3 is 9.52 Å². The van der Waals surface area contributed by atoms with Gasteiger partial charge in [0, 0.05) is 10.9 Å². The van der Waals surface area contributed by atoms with Crippen molar-refractivity contribution in [1.82, 2.24) is 0 Å². The first-order valence-corrected chi connectivity index (χ1v) is 5.80. The molecule has 0 aliphatic heterocycles. The molecule has 2 rings (SSSR count). The van der Waals surface area contributed by atoms with Gasteiger partial charge in [0.15, 0.2) is 0 Å². The van der Waals surface area contributed by atoms with Gasteiger partial charge in [-0.15, -0.1) is 0 Å². The Labute approximate surface area is 100 Å². The molecule has 1 aromatic carbocycles. The van der Waals surface area contributed by atoms with E-state index < -0.39 is 5.97 Å². The van der Waals surface area contributed by atoms with Crippen molar-refractivity contribution in [3.05, 3.63) is 34.6 Å². The largest absolute Gasteiger partial charge is 0.475 e. The van der Waals surface area contributed by atoms with Gasteiger partial charge in [-0.3, -0.25) is 0 Å². The van der Waals surface area contributed by atoms with Gasteiger partial charge in [0.25, 0.3) is 0 Å². The summed E-state index contributed by atoms with van der Waals surface area (Å²) in [4.78, 5) is 11.1. The molecule has 2 aromatic rings. The van der Waals surface area contributed by atoms with E-state index >= 15 is 0 Å². The van der Waals surface area contributed by atoms with Crippen molar-refractivity contribution in [1.29, 1.82) is 0 Å². The van der Waals surface area contributed by atoms with Crippen molar-refractivity contribution < 1.29 is 14.3 Å². The number of benzene rings is 1. The topological polar surface area (TPSA) is 50.4 Å². The molecule has 1 N–H and O–H groups in total. The van der Waals surface area contributed by atoms with Gasteiger partial charge in [-0.05, 0) is 43.5 Å². The molecule has 90 valence electrons. The number of carboxylic acid groups (broad SMARTS) is 1. The zero-order valence-electron chi connectivity index (χ0n) is 10.3. The van der Waals surface area contributed by atoms with E-state index in [9.17, 15) is 4.79 Å². The Balaban J connectivity index is 2.75. The summed E-state index contributed by atoms with van der Waals surface area (Å²) >= 11 is 0. The van der Waals surface area contributed by atoms with Gasteiger partial charge in [-0.25, -0.2) is 4.79 Å². The van der Waals surface area contributed by atoms with Crippen LogP contribution >= 0.6 is 0 Å². The maximum Gasteiger partial charge on any atom is 0.372 e. The lowest BCUT2D eigenvalue weighted by Crippen LogP contribution is -1.98. The summed E-state index contributed by atoms with van der Waals surface area (Å²) in [7, 11) is 0. The first-order chi connectivity index (χ1) is 8.04. The van der Waals surface area contributed by atoms with E-state index in [-0.39, 0.29) is 5.76 Å². The molecular weight excluding hydrogens is 216 g/mol. The number of fused-ring (bicyclic) bond motifs is 1. The summed E-state index contributed by atoms with van der Waals surface area (Å²) in [5, 5.41) is 10.1. The normalized spacial score (nSPS) is 11.0. The minimum absolute atomic E-state index is 0.0897. The summed E-state index contributed by atoms with van der Waals surface area (Å²) < 4.78 is 5.45. The zero-order valence-corrected chi connectivity index (χ0v) is 10.3. The van der Waals surface area contributed by atoms with Crippen molar-refractivity contribution in [3.63, 3.8) is 0 Å². The molecule has 1 aromatic heterocycles. The van der Waals surface area contributed by atoms with Crippen LogP contribution in [0.4, 0.5) is 0 Å². The monoisotopic (exact) mass is 232 g/mol. The van der Waals surface area contributed by atoms with Crippen LogP contribution < -0.4 is 0 Å². The number of rotatable bonds is 3. The Hall–Kier alpha value is -1.77. The van der Waals surface area contributed by atoms with E-state index in [4.69, 9.17) is 9.52 Å². The predicted molar refractivity (Wildman–Crippen MR) is 66.6 cm³/mol. The number of hydrogen-bond acceptors (Lipinski definition) is 2. The zero-order chi connectivity index (χ0) is 12.6. The lowest BCUT2D eigenvalue weighted by atomic mass is 10.0. The number of furan rings is 1. The Morgan fingerprint density at radius 2 is 1.94 bits per heavy atom. The molecule has 0 aliphatic carbocycles. The van der Waals surface area contributed by atoms with Crippen molar-refractivity contribution in [2.24, 2.45) is 0 Å². The average Bonchev–Trinajstić information content (AvgIpc) is 2.59. The Morgan fingerprint density at radius 3 is 2.53 bits per heavy atom. The van der Waals surface area contributed by atoms with Crippen LogP contribution in [-0.2, 0) is 6.42 Å². The SMILES string of the molecule is CCCc1c(C(=O)O)oc2cc(C)c(C)cc12. The van der Waals surface area contributed by atoms with E-state index in [0.717, 1.165) is 34.9 Å². The molecule has 0 unspecified atom stereocenters. The highest BCUT2D eigenvalue weighted by molar-refractivity contribution is 5.95. The molecular formula is C14H16O3. The number of carboxylic acids is 1. The Kier molecular flexibility index (Phi) is 2.92. The third kappa shape index (κ3) is 1.93. The summed E-state index contributed by atoms with van der Waals surface area (Å²) in [6.07, 6.45) is 1.64. The number of hydrogen-bond donors (Lipinski definition) is 1. The second-order valence-corrected chi connectivity index (χ2v) is 4.40. The van der Waals surface area contributed by atoms with Gasteiger partial charge in [0.05, 0.1) is 0 Å². The van der Waals surface area contributed by atoms with Crippen molar-refractivity contribution in [2.45, 2.75) is 33.6 Å². The van der Waals surface area contributed by atoms with Crippen LogP contribution in [0.25, 0.3) is 11.0 Å². The molecule has 0 saturated heterocycles. The van der Waals surface area contributed by atoms with E-state index in [1.54, 1.807) is 0 Å². The Morgan fingerprint density at radius 1 is 1.29 bits per heavy atom. The van der Waals surface area contributed by atoms with Gasteiger partial charge in [-0.1, -0.05) is 13.3 Å². The lowest BCUT2D eigenvalue weighted by molar-refractivity contribution is 0.0663. The molecule has 17 heavy (non-hydrogen) atoms. The van der Waals surface area contributed by atoms with E-state index in [2.05, 4.69) is 0 Å². The maximum atomic E-state index is 11.1. The van der Waals surface area contributed by atoms with Crippen molar-refractivity contribution >= 4 is 16.9 Å². The number of carbonyl (C=O) groups is 1. The van der Waals surface area contributed by atoms with E-state index in [0.29, 0.717) is 5.58 Å². The highest BCUT2D eigenvalue weighted by atomic mass is 16.4. The quantitative estimate of drug-likeness (QED) is 0.877. The van der Waals surface area contributed by atoms with Crippen molar-refractivity contribution in [2.75, 3.05) is 0 Å². The van der Waals surface area contributed by atoms with Crippen LogP contribution in [0.15, 0.2) is 16.5 Å².